The van der Waals surface area contributed by atoms with Gasteiger partial charge in [0.1, 0.15) is 5.82 Å². The van der Waals surface area contributed by atoms with Crippen molar-refractivity contribution in [2.45, 2.75) is 25.9 Å². The number of aromatic amines is 1. The molecule has 3 N–H and O–H groups in total. The second-order valence-corrected chi connectivity index (χ2v) is 9.60. The zero-order valence-electron chi connectivity index (χ0n) is 20.4. The van der Waals surface area contributed by atoms with Gasteiger partial charge in [-0.25, -0.2) is 9.38 Å². The number of H-pyrrole nitrogens is 1. The highest BCUT2D eigenvalue weighted by Gasteiger charge is 2.29. The monoisotopic (exact) mass is 484 g/mol. The molecule has 1 aliphatic rings. The maximum absolute atomic E-state index is 13.9. The Morgan fingerprint density at radius 2 is 1.86 bits per heavy atom. The molecule has 1 saturated carbocycles. The molecule has 1 aliphatic carbocycles. The third-order valence-corrected chi connectivity index (χ3v) is 6.27. The summed E-state index contributed by atoms with van der Waals surface area (Å²) >= 11 is 0. The van der Waals surface area contributed by atoms with Gasteiger partial charge in [0.05, 0.1) is 22.5 Å². The first kappa shape index (κ1) is 23.8. The molecule has 0 unspecified atom stereocenters. The van der Waals surface area contributed by atoms with E-state index < -0.39 is 5.82 Å². The molecule has 0 spiro atoms. The van der Waals surface area contributed by atoms with Crippen molar-refractivity contribution in [3.63, 3.8) is 0 Å². The van der Waals surface area contributed by atoms with E-state index in [1.807, 2.05) is 62.6 Å². The number of aromatic nitrogens is 1. The quantitative estimate of drug-likeness (QED) is 0.298. The molecule has 7 heteroatoms. The number of amides is 1. The molecule has 184 valence electrons. The zero-order chi connectivity index (χ0) is 25.2. The van der Waals surface area contributed by atoms with Gasteiger partial charge in [-0.2, -0.15) is 0 Å². The predicted molar refractivity (Wildman–Crippen MR) is 140 cm³/mol. The van der Waals surface area contributed by atoms with Crippen LogP contribution in [0.1, 0.15) is 35.1 Å². The van der Waals surface area contributed by atoms with Gasteiger partial charge in [-0.15, -0.1) is 0 Å². The molecule has 5 rings (SSSR count). The van der Waals surface area contributed by atoms with Gasteiger partial charge in [0.25, 0.3) is 0 Å². The molecule has 1 heterocycles. The van der Waals surface area contributed by atoms with Crippen molar-refractivity contribution in [1.82, 2.24) is 15.2 Å². The molecule has 3 aromatic carbocycles. The fourth-order valence-electron chi connectivity index (χ4n) is 4.34. The number of carbonyl (C=O) groups is 1. The van der Waals surface area contributed by atoms with Crippen molar-refractivity contribution in [3.8, 4) is 5.88 Å². The van der Waals surface area contributed by atoms with E-state index in [1.165, 1.54) is 17.7 Å². The fraction of sp³-hybridized carbons (Fsp3) is 0.241. The lowest BCUT2D eigenvalue weighted by molar-refractivity contribution is -0.122. The van der Waals surface area contributed by atoms with Crippen LogP contribution in [0.4, 0.5) is 10.1 Å². The van der Waals surface area contributed by atoms with E-state index in [-0.39, 0.29) is 17.7 Å². The van der Waals surface area contributed by atoms with Crippen molar-refractivity contribution >= 4 is 28.2 Å². The van der Waals surface area contributed by atoms with Crippen molar-refractivity contribution in [3.05, 3.63) is 94.8 Å². The summed E-state index contributed by atoms with van der Waals surface area (Å²) in [6.45, 7) is 1.24. The van der Waals surface area contributed by atoms with Crippen molar-refractivity contribution in [2.24, 2.45) is 10.9 Å². The second-order valence-electron chi connectivity index (χ2n) is 9.60. The van der Waals surface area contributed by atoms with Gasteiger partial charge in [0.15, 0.2) is 5.88 Å². The normalized spacial score (nSPS) is 13.9. The van der Waals surface area contributed by atoms with Gasteiger partial charge in [-0.3, -0.25) is 4.79 Å². The van der Waals surface area contributed by atoms with Crippen LogP contribution < -0.4 is 5.32 Å². The van der Waals surface area contributed by atoms with Gasteiger partial charge in [0, 0.05) is 30.0 Å². The summed E-state index contributed by atoms with van der Waals surface area (Å²) in [5.74, 6) is -0.238. The lowest BCUT2D eigenvalue weighted by Gasteiger charge is -2.12. The van der Waals surface area contributed by atoms with Gasteiger partial charge in [-0.05, 0) is 74.5 Å². The van der Waals surface area contributed by atoms with Crippen LogP contribution in [0.3, 0.4) is 0 Å². The lowest BCUT2D eigenvalue weighted by atomic mass is 9.99. The third-order valence-electron chi connectivity index (χ3n) is 6.27. The number of hydrogen-bond acceptors (Lipinski definition) is 4. The molecule has 4 aromatic rings. The Bertz CT molecular complexity index is 1440. The Morgan fingerprint density at radius 1 is 1.08 bits per heavy atom. The van der Waals surface area contributed by atoms with Crippen LogP contribution in [-0.2, 0) is 17.9 Å². The highest BCUT2D eigenvalue weighted by molar-refractivity contribution is 6.21. The second kappa shape index (κ2) is 9.95. The average molecular weight is 485 g/mol. The molecule has 6 nitrogen and oxygen atoms in total. The highest BCUT2D eigenvalue weighted by Crippen LogP contribution is 2.32. The van der Waals surface area contributed by atoms with Gasteiger partial charge in [0.2, 0.25) is 5.91 Å². The summed E-state index contributed by atoms with van der Waals surface area (Å²) in [7, 11) is 4.04. The van der Waals surface area contributed by atoms with Gasteiger partial charge < -0.3 is 20.3 Å². The summed E-state index contributed by atoms with van der Waals surface area (Å²) < 4.78 is 13.9. The fourth-order valence-corrected chi connectivity index (χ4v) is 4.34. The molecule has 0 aliphatic heterocycles. The Kier molecular flexibility index (Phi) is 6.57. The molecule has 0 atom stereocenters. The number of hydrogen-bond donors (Lipinski definition) is 3. The molecule has 36 heavy (non-hydrogen) atoms. The zero-order valence-corrected chi connectivity index (χ0v) is 20.4. The molecule has 1 amide bonds. The van der Waals surface area contributed by atoms with E-state index >= 15 is 0 Å². The van der Waals surface area contributed by atoms with Gasteiger partial charge in [-0.1, -0.05) is 30.3 Å². The smallest absolute Gasteiger partial charge is 0.223 e. The lowest BCUT2D eigenvalue weighted by Crippen LogP contribution is -2.24. The van der Waals surface area contributed by atoms with Crippen molar-refractivity contribution < 1.29 is 14.3 Å². The van der Waals surface area contributed by atoms with E-state index in [0.717, 1.165) is 36.2 Å². The average Bonchev–Trinajstić information content (AvgIpc) is 3.65. The minimum atomic E-state index is -0.390. The van der Waals surface area contributed by atoms with E-state index in [4.69, 9.17) is 4.99 Å². The number of aliphatic imine (C=N–C) groups is 1. The molecule has 0 radical (unpaired) electrons. The standard InChI is InChI=1S/C29H29FN4O2/c1-34(2)17-18-6-11-23(12-7-18)32-27(26-24-13-10-22(30)15-25(24)33-29(26)36)21-5-3-4-19(14-21)16-31-28(35)20-8-9-20/h3-7,10-15,20,33,36H,8-9,16-17H2,1-2H3,(H,31,35). The Balaban J connectivity index is 1.56. The Labute approximate surface area is 209 Å². The van der Waals surface area contributed by atoms with Crippen LogP contribution in [0.5, 0.6) is 5.88 Å². The molecule has 0 saturated heterocycles. The number of nitrogens with zero attached hydrogens (tertiary/aromatic N) is 2. The van der Waals surface area contributed by atoms with Crippen LogP contribution in [0.2, 0.25) is 0 Å². The van der Waals surface area contributed by atoms with Crippen LogP contribution in [0, 0.1) is 11.7 Å². The van der Waals surface area contributed by atoms with E-state index in [0.29, 0.717) is 28.7 Å². The minimum absolute atomic E-state index is 0.0778. The topological polar surface area (TPSA) is 80.7 Å². The van der Waals surface area contributed by atoms with Gasteiger partial charge >= 0.3 is 0 Å². The minimum Gasteiger partial charge on any atom is -0.494 e. The number of carbonyl (C=O) groups excluding carboxylic acids is 1. The van der Waals surface area contributed by atoms with Crippen LogP contribution in [0.25, 0.3) is 10.9 Å². The molecule has 1 aromatic heterocycles. The first-order valence-electron chi connectivity index (χ1n) is 12.1. The summed E-state index contributed by atoms with van der Waals surface area (Å²) in [5.41, 5.74) is 5.16. The summed E-state index contributed by atoms with van der Waals surface area (Å²) in [6.07, 6.45) is 1.91. The summed E-state index contributed by atoms with van der Waals surface area (Å²) in [4.78, 5) is 22.1. The Hall–Kier alpha value is -3.97. The van der Waals surface area contributed by atoms with Crippen molar-refractivity contribution in [1.29, 1.82) is 0 Å². The molecular weight excluding hydrogens is 455 g/mol. The van der Waals surface area contributed by atoms with E-state index in [2.05, 4.69) is 15.2 Å². The van der Waals surface area contributed by atoms with Crippen LogP contribution >= 0.6 is 0 Å². The maximum atomic E-state index is 13.9. The molecule has 1 fully saturated rings. The maximum Gasteiger partial charge on any atom is 0.223 e. The first-order chi connectivity index (χ1) is 17.4. The van der Waals surface area contributed by atoms with Crippen LogP contribution in [-0.4, -0.2) is 40.7 Å². The number of halogens is 1. The molecule has 0 bridgehead atoms. The summed E-state index contributed by atoms with van der Waals surface area (Å²) in [5, 5.41) is 14.5. The third kappa shape index (κ3) is 5.31. The predicted octanol–water partition coefficient (Wildman–Crippen LogP) is 5.27. The number of benzene rings is 3. The number of fused-ring (bicyclic) bond motifs is 1. The van der Waals surface area contributed by atoms with E-state index in [1.54, 1.807) is 6.07 Å². The largest absolute Gasteiger partial charge is 0.494 e. The highest BCUT2D eigenvalue weighted by atomic mass is 19.1. The Morgan fingerprint density at radius 3 is 2.58 bits per heavy atom. The SMILES string of the molecule is CN(C)Cc1ccc(N=C(c2cccc(CNC(=O)C3CC3)c2)c2c(O)[nH]c3cc(F)ccc23)cc1. The number of aromatic hydroxyl groups is 1. The van der Waals surface area contributed by atoms with E-state index in [9.17, 15) is 14.3 Å². The number of rotatable bonds is 8. The van der Waals surface area contributed by atoms with Crippen LogP contribution in [0.15, 0.2) is 71.7 Å². The summed E-state index contributed by atoms with van der Waals surface area (Å²) in [6, 6.07) is 20.1. The molecular formula is C29H29FN4O2. The first-order valence-corrected chi connectivity index (χ1v) is 12.1. The number of nitrogens with one attached hydrogen (secondary N) is 2. The van der Waals surface area contributed by atoms with Crippen molar-refractivity contribution in [2.75, 3.05) is 14.1 Å².